The second kappa shape index (κ2) is 9.39. The number of hydrogen-bond donors (Lipinski definition) is 2. The molecule has 2 aliphatic rings. The molecule has 2 heterocycles. The monoisotopic (exact) mass is 451 g/mol. The number of halogens is 3. The van der Waals surface area contributed by atoms with Gasteiger partial charge in [0.25, 0.3) is 0 Å². The molecule has 2 N–H and O–H groups in total. The summed E-state index contributed by atoms with van der Waals surface area (Å²) in [5.41, 5.74) is -0.131. The minimum absolute atomic E-state index is 0.00160. The molecule has 170 valence electrons. The first-order valence-electron chi connectivity index (χ1n) is 10.0. The van der Waals surface area contributed by atoms with Gasteiger partial charge in [-0.05, 0) is 24.6 Å². The Kier molecular flexibility index (Phi) is 7.28. The van der Waals surface area contributed by atoms with Crippen molar-refractivity contribution in [2.45, 2.75) is 37.8 Å². The molecule has 0 aromatic heterocycles. The number of nitrogens with zero attached hydrogens (tertiary/aromatic N) is 2. The van der Waals surface area contributed by atoms with Crippen LogP contribution in [0.5, 0.6) is 0 Å². The van der Waals surface area contributed by atoms with Crippen molar-refractivity contribution in [2.24, 2.45) is 0 Å². The summed E-state index contributed by atoms with van der Waals surface area (Å²) in [4.78, 5) is 3.97. The Labute approximate surface area is 174 Å². The van der Waals surface area contributed by atoms with Crippen LogP contribution in [0.2, 0.25) is 0 Å². The molecule has 30 heavy (non-hydrogen) atoms. The summed E-state index contributed by atoms with van der Waals surface area (Å²) in [6.07, 6.45) is -5.35. The molecule has 0 saturated carbocycles. The first kappa shape index (κ1) is 23.3. The lowest BCUT2D eigenvalue weighted by molar-refractivity contribution is -0.137. The molecule has 0 bridgehead atoms. The highest BCUT2D eigenvalue weighted by atomic mass is 32.2. The molecule has 1 aromatic rings. The van der Waals surface area contributed by atoms with Crippen molar-refractivity contribution in [3.63, 3.8) is 0 Å². The number of alkyl halides is 3. The van der Waals surface area contributed by atoms with Gasteiger partial charge in [-0.2, -0.15) is 13.2 Å². The van der Waals surface area contributed by atoms with E-state index in [1.54, 1.807) is 13.0 Å². The third-order valence-electron chi connectivity index (χ3n) is 5.44. The molecule has 0 spiro atoms. The Bertz CT molecular complexity index is 813. The molecule has 0 aliphatic carbocycles. The van der Waals surface area contributed by atoms with Gasteiger partial charge in [0.15, 0.2) is 0 Å². The number of anilines is 1. The first-order valence-corrected chi connectivity index (χ1v) is 11.7. The van der Waals surface area contributed by atoms with Crippen molar-refractivity contribution >= 4 is 15.7 Å². The van der Waals surface area contributed by atoms with Gasteiger partial charge in [0.05, 0.1) is 36.2 Å². The van der Waals surface area contributed by atoms with Crippen molar-refractivity contribution in [3.05, 3.63) is 29.8 Å². The van der Waals surface area contributed by atoms with Gasteiger partial charge in [0.2, 0.25) is 10.0 Å². The predicted molar refractivity (Wildman–Crippen MR) is 107 cm³/mol. The van der Waals surface area contributed by atoms with Gasteiger partial charge in [-0.3, -0.25) is 4.90 Å². The van der Waals surface area contributed by atoms with E-state index in [4.69, 9.17) is 4.74 Å². The third kappa shape index (κ3) is 5.85. The molecule has 2 aliphatic heterocycles. The molecule has 7 nitrogen and oxygen atoms in total. The Morgan fingerprint density at radius 3 is 2.57 bits per heavy atom. The van der Waals surface area contributed by atoms with E-state index in [-0.39, 0.29) is 12.4 Å². The molecule has 0 amide bonds. The molecule has 3 atom stereocenters. The second-order valence-corrected chi connectivity index (χ2v) is 9.61. The zero-order valence-corrected chi connectivity index (χ0v) is 17.6. The molecular weight excluding hydrogens is 423 g/mol. The van der Waals surface area contributed by atoms with Gasteiger partial charge in [-0.25, -0.2) is 13.1 Å². The normalized spacial score (nSPS) is 26.3. The topological polar surface area (TPSA) is 82.1 Å². The number of benzene rings is 1. The van der Waals surface area contributed by atoms with Crippen LogP contribution in [-0.2, 0) is 20.9 Å². The van der Waals surface area contributed by atoms with Gasteiger partial charge in [0.1, 0.15) is 0 Å². The lowest BCUT2D eigenvalue weighted by atomic mass is 10.1. The van der Waals surface area contributed by atoms with Gasteiger partial charge >= 0.3 is 6.18 Å². The van der Waals surface area contributed by atoms with Gasteiger partial charge in [-0.15, -0.1) is 0 Å². The van der Waals surface area contributed by atoms with E-state index in [1.807, 2.05) is 4.90 Å². The summed E-state index contributed by atoms with van der Waals surface area (Å²) < 4.78 is 70.7. The summed E-state index contributed by atoms with van der Waals surface area (Å²) in [5, 5.41) is 10.5. The maximum atomic E-state index is 12.9. The summed E-state index contributed by atoms with van der Waals surface area (Å²) in [6.45, 7) is 4.63. The fourth-order valence-electron chi connectivity index (χ4n) is 3.83. The van der Waals surface area contributed by atoms with Crippen LogP contribution in [0.15, 0.2) is 24.3 Å². The highest BCUT2D eigenvalue weighted by molar-refractivity contribution is 7.89. The summed E-state index contributed by atoms with van der Waals surface area (Å²) in [6, 6.07) is 4.63. The number of nitrogens with one attached hydrogen (secondary N) is 1. The molecule has 2 fully saturated rings. The number of aliphatic hydroxyl groups excluding tert-OH is 1. The SMILES string of the molecule is CCCS(=O)(=O)NC1COC(CN2CCN(c3cccc(C(F)(F)F)c3)CC2)C1O. The highest BCUT2D eigenvalue weighted by Crippen LogP contribution is 2.32. The largest absolute Gasteiger partial charge is 0.416 e. The lowest BCUT2D eigenvalue weighted by Crippen LogP contribution is -2.51. The van der Waals surface area contributed by atoms with Crippen molar-refractivity contribution in [2.75, 3.05) is 50.0 Å². The summed E-state index contributed by atoms with van der Waals surface area (Å²) >= 11 is 0. The molecule has 3 unspecified atom stereocenters. The molecule has 3 rings (SSSR count). The number of sulfonamides is 1. The van der Waals surface area contributed by atoms with Gasteiger partial charge < -0.3 is 14.7 Å². The minimum atomic E-state index is -4.37. The first-order chi connectivity index (χ1) is 14.1. The van der Waals surface area contributed by atoms with E-state index in [0.717, 1.165) is 12.1 Å². The fourth-order valence-corrected chi connectivity index (χ4v) is 5.15. The standard InChI is InChI=1S/C19H28F3N3O4S/c1-2-10-30(27,28)23-16-13-29-17(18(16)26)12-24-6-8-25(9-7-24)15-5-3-4-14(11-15)19(20,21)22/h3-5,11,16-18,23,26H,2,6-10,12-13H2,1H3. The van der Waals surface area contributed by atoms with Crippen LogP contribution in [-0.4, -0.2) is 81.8 Å². The Morgan fingerprint density at radius 2 is 1.93 bits per heavy atom. The number of hydrogen-bond acceptors (Lipinski definition) is 6. The smallest absolute Gasteiger partial charge is 0.389 e. The number of rotatable bonds is 7. The van der Waals surface area contributed by atoms with Crippen LogP contribution >= 0.6 is 0 Å². The van der Waals surface area contributed by atoms with E-state index < -0.39 is 40.0 Å². The predicted octanol–water partition coefficient (Wildman–Crippen LogP) is 1.29. The van der Waals surface area contributed by atoms with Gasteiger partial charge in [-0.1, -0.05) is 13.0 Å². The highest BCUT2D eigenvalue weighted by Gasteiger charge is 2.39. The van der Waals surface area contributed by atoms with Crippen molar-refractivity contribution < 1.29 is 31.4 Å². The van der Waals surface area contributed by atoms with Crippen molar-refractivity contribution in [3.8, 4) is 0 Å². The molecule has 2 saturated heterocycles. The fraction of sp³-hybridized carbons (Fsp3) is 0.684. The number of ether oxygens (including phenoxy) is 1. The minimum Gasteiger partial charge on any atom is -0.389 e. The maximum Gasteiger partial charge on any atom is 0.416 e. The van der Waals surface area contributed by atoms with E-state index in [0.29, 0.717) is 44.8 Å². The van der Waals surface area contributed by atoms with E-state index in [1.165, 1.54) is 6.07 Å². The number of piperazine rings is 1. The average Bonchev–Trinajstić information content (AvgIpc) is 3.01. The van der Waals surface area contributed by atoms with E-state index in [9.17, 15) is 26.7 Å². The van der Waals surface area contributed by atoms with Crippen LogP contribution in [0.4, 0.5) is 18.9 Å². The molecule has 1 aromatic carbocycles. The number of aliphatic hydroxyl groups is 1. The lowest BCUT2D eigenvalue weighted by Gasteiger charge is -2.37. The van der Waals surface area contributed by atoms with Crippen LogP contribution in [0, 0.1) is 0 Å². The quantitative estimate of drug-likeness (QED) is 0.650. The van der Waals surface area contributed by atoms with Crippen LogP contribution < -0.4 is 9.62 Å². The Balaban J connectivity index is 1.51. The van der Waals surface area contributed by atoms with E-state index >= 15 is 0 Å². The summed E-state index contributed by atoms with van der Waals surface area (Å²) in [7, 11) is -3.45. The summed E-state index contributed by atoms with van der Waals surface area (Å²) in [5.74, 6) is -0.00160. The molecule has 11 heteroatoms. The zero-order chi connectivity index (χ0) is 21.9. The Morgan fingerprint density at radius 1 is 1.23 bits per heavy atom. The van der Waals surface area contributed by atoms with Gasteiger partial charge in [0, 0.05) is 38.4 Å². The Hall–Kier alpha value is -1.40. The van der Waals surface area contributed by atoms with Crippen LogP contribution in [0.3, 0.4) is 0 Å². The van der Waals surface area contributed by atoms with E-state index in [2.05, 4.69) is 9.62 Å². The zero-order valence-electron chi connectivity index (χ0n) is 16.8. The second-order valence-electron chi connectivity index (χ2n) is 7.74. The van der Waals surface area contributed by atoms with Crippen LogP contribution in [0.25, 0.3) is 0 Å². The molecular formula is C19H28F3N3O4S. The molecule has 0 radical (unpaired) electrons. The van der Waals surface area contributed by atoms with Crippen molar-refractivity contribution in [1.29, 1.82) is 0 Å². The average molecular weight is 452 g/mol. The third-order valence-corrected chi connectivity index (χ3v) is 7.04. The maximum absolute atomic E-state index is 12.9. The van der Waals surface area contributed by atoms with Crippen molar-refractivity contribution in [1.82, 2.24) is 9.62 Å². The van der Waals surface area contributed by atoms with Crippen LogP contribution in [0.1, 0.15) is 18.9 Å².